The van der Waals surface area contributed by atoms with E-state index in [1.165, 1.54) is 11.8 Å². The highest BCUT2D eigenvalue weighted by molar-refractivity contribution is 7.98. The average molecular weight is 230 g/mol. The predicted molar refractivity (Wildman–Crippen MR) is 55.3 cm³/mol. The van der Waals surface area contributed by atoms with Gasteiger partial charge < -0.3 is 10.2 Å². The zero-order valence-corrected chi connectivity index (χ0v) is 9.10. The monoisotopic (exact) mass is 230 g/mol. The van der Waals surface area contributed by atoms with E-state index in [-0.39, 0.29) is 6.61 Å². The van der Waals surface area contributed by atoms with E-state index in [9.17, 15) is 0 Å². The molecule has 0 bridgehead atoms. The van der Waals surface area contributed by atoms with Crippen LogP contribution in [0.5, 0.6) is 0 Å². The van der Waals surface area contributed by atoms with E-state index in [1.54, 1.807) is 0 Å². The van der Waals surface area contributed by atoms with Crippen LogP contribution in [0.25, 0.3) is 0 Å². The van der Waals surface area contributed by atoms with Crippen LogP contribution in [0.2, 0.25) is 0 Å². The molecule has 84 valence electrons. The van der Waals surface area contributed by atoms with Crippen molar-refractivity contribution in [2.24, 2.45) is 0 Å². The summed E-state index contributed by atoms with van der Waals surface area (Å²) < 4.78 is 1.86. The van der Waals surface area contributed by atoms with Crippen molar-refractivity contribution in [3.8, 4) is 0 Å². The highest BCUT2D eigenvalue weighted by Gasteiger charge is 2.27. The molecular formula is C8H14N4O2S. The van der Waals surface area contributed by atoms with Gasteiger partial charge in [0, 0.05) is 5.75 Å². The first-order chi connectivity index (χ1) is 7.31. The van der Waals surface area contributed by atoms with Gasteiger partial charge in [0.1, 0.15) is 0 Å². The first kappa shape index (κ1) is 10.8. The number of hydrogen-bond donors (Lipinski definition) is 2. The van der Waals surface area contributed by atoms with Gasteiger partial charge in [0.15, 0.2) is 5.82 Å². The third kappa shape index (κ3) is 2.90. The lowest BCUT2D eigenvalue weighted by Crippen LogP contribution is -2.15. The minimum atomic E-state index is -0.653. The van der Waals surface area contributed by atoms with Crippen molar-refractivity contribution in [2.75, 3.05) is 12.4 Å². The Hall–Kier alpha value is -0.660. The maximum absolute atomic E-state index is 9.15. The Balaban J connectivity index is 1.80. The topological polar surface area (TPSA) is 84.1 Å². The van der Waals surface area contributed by atoms with Gasteiger partial charge in [0.05, 0.1) is 24.5 Å². The molecule has 6 nitrogen and oxygen atoms in total. The maximum Gasteiger partial charge on any atom is 0.161 e. The van der Waals surface area contributed by atoms with Gasteiger partial charge in [-0.1, -0.05) is 0 Å². The SMILES string of the molecule is OCC(O)CSCc1nnnn1C1CC1. The van der Waals surface area contributed by atoms with Gasteiger partial charge in [-0.05, 0) is 23.3 Å². The van der Waals surface area contributed by atoms with E-state index in [0.717, 1.165) is 18.7 Å². The van der Waals surface area contributed by atoms with E-state index in [1.807, 2.05) is 4.68 Å². The molecule has 1 aromatic rings. The molecule has 0 spiro atoms. The lowest BCUT2D eigenvalue weighted by Gasteiger charge is -2.06. The minimum absolute atomic E-state index is 0.194. The van der Waals surface area contributed by atoms with Crippen molar-refractivity contribution in [3.05, 3.63) is 5.82 Å². The van der Waals surface area contributed by atoms with Gasteiger partial charge in [-0.2, -0.15) is 11.8 Å². The molecule has 1 unspecified atom stereocenters. The summed E-state index contributed by atoms with van der Waals surface area (Å²) >= 11 is 1.53. The second kappa shape index (κ2) is 4.91. The number of nitrogens with zero attached hydrogens (tertiary/aromatic N) is 4. The van der Waals surface area contributed by atoms with Gasteiger partial charge in [-0.3, -0.25) is 0 Å². The van der Waals surface area contributed by atoms with Crippen molar-refractivity contribution in [1.82, 2.24) is 20.2 Å². The molecule has 1 heterocycles. The molecule has 1 aromatic heterocycles. The van der Waals surface area contributed by atoms with E-state index in [0.29, 0.717) is 17.5 Å². The molecule has 1 aliphatic rings. The molecular weight excluding hydrogens is 216 g/mol. The maximum atomic E-state index is 9.15. The summed E-state index contributed by atoms with van der Waals surface area (Å²) in [4.78, 5) is 0. The standard InChI is InChI=1S/C8H14N4O2S/c13-3-7(14)4-15-5-8-9-10-11-12(8)6-1-2-6/h6-7,13-14H,1-5H2. The molecule has 1 fully saturated rings. The highest BCUT2D eigenvalue weighted by Crippen LogP contribution is 2.34. The van der Waals surface area contributed by atoms with Crippen LogP contribution >= 0.6 is 11.8 Å². The number of hydrogen-bond acceptors (Lipinski definition) is 6. The number of tetrazole rings is 1. The lowest BCUT2D eigenvalue weighted by atomic mass is 10.4. The zero-order valence-electron chi connectivity index (χ0n) is 8.28. The van der Waals surface area contributed by atoms with Crippen LogP contribution in [-0.2, 0) is 5.75 Å². The molecule has 1 saturated carbocycles. The molecule has 2 rings (SSSR count). The summed E-state index contributed by atoms with van der Waals surface area (Å²) in [5.41, 5.74) is 0. The fraction of sp³-hybridized carbons (Fsp3) is 0.875. The Bertz CT molecular complexity index is 315. The van der Waals surface area contributed by atoms with Crippen LogP contribution in [0.4, 0.5) is 0 Å². The molecule has 1 atom stereocenters. The van der Waals surface area contributed by atoms with Gasteiger partial charge >= 0.3 is 0 Å². The predicted octanol–water partition coefficient (Wildman–Crippen LogP) is -0.406. The first-order valence-corrected chi connectivity index (χ1v) is 6.10. The van der Waals surface area contributed by atoms with Crippen molar-refractivity contribution in [2.45, 2.75) is 30.7 Å². The first-order valence-electron chi connectivity index (χ1n) is 4.94. The van der Waals surface area contributed by atoms with Crippen molar-refractivity contribution < 1.29 is 10.2 Å². The number of thioether (sulfide) groups is 1. The van der Waals surface area contributed by atoms with E-state index in [4.69, 9.17) is 10.2 Å². The largest absolute Gasteiger partial charge is 0.394 e. The molecule has 15 heavy (non-hydrogen) atoms. The van der Waals surface area contributed by atoms with Crippen LogP contribution < -0.4 is 0 Å². The number of aliphatic hydroxyl groups excluding tert-OH is 2. The Kier molecular flexibility index (Phi) is 3.55. The summed E-state index contributed by atoms with van der Waals surface area (Å²) in [7, 11) is 0. The Labute approximate surface area is 91.7 Å². The van der Waals surface area contributed by atoms with Gasteiger partial charge in [0.2, 0.25) is 0 Å². The Morgan fingerprint density at radius 1 is 1.53 bits per heavy atom. The van der Waals surface area contributed by atoms with Crippen LogP contribution in [0.1, 0.15) is 24.7 Å². The molecule has 2 N–H and O–H groups in total. The van der Waals surface area contributed by atoms with Crippen molar-refractivity contribution in [3.63, 3.8) is 0 Å². The third-order valence-corrected chi connectivity index (χ3v) is 3.29. The van der Waals surface area contributed by atoms with E-state index < -0.39 is 6.10 Å². The van der Waals surface area contributed by atoms with Gasteiger partial charge in [0.25, 0.3) is 0 Å². The van der Waals surface area contributed by atoms with E-state index >= 15 is 0 Å². The van der Waals surface area contributed by atoms with Crippen LogP contribution in [0, 0.1) is 0 Å². The quantitative estimate of drug-likeness (QED) is 0.691. The number of aliphatic hydroxyl groups is 2. The Morgan fingerprint density at radius 3 is 3.00 bits per heavy atom. The zero-order chi connectivity index (χ0) is 10.7. The number of rotatable bonds is 6. The lowest BCUT2D eigenvalue weighted by molar-refractivity contribution is 0.113. The second-order valence-corrected chi connectivity index (χ2v) is 4.65. The summed E-state index contributed by atoms with van der Waals surface area (Å²) in [6.45, 7) is -0.194. The van der Waals surface area contributed by atoms with Crippen molar-refractivity contribution >= 4 is 11.8 Å². The normalized spacial score (nSPS) is 18.0. The smallest absolute Gasteiger partial charge is 0.161 e. The van der Waals surface area contributed by atoms with Gasteiger partial charge in [-0.15, -0.1) is 5.10 Å². The fourth-order valence-electron chi connectivity index (χ4n) is 1.25. The molecule has 0 radical (unpaired) electrons. The molecule has 0 amide bonds. The molecule has 0 aromatic carbocycles. The van der Waals surface area contributed by atoms with Crippen LogP contribution in [0.3, 0.4) is 0 Å². The average Bonchev–Trinajstić information content (AvgIpc) is 2.99. The summed E-state index contributed by atoms with van der Waals surface area (Å²) in [6, 6.07) is 0.485. The van der Waals surface area contributed by atoms with Gasteiger partial charge in [-0.25, -0.2) is 4.68 Å². The molecule has 0 saturated heterocycles. The van der Waals surface area contributed by atoms with Crippen LogP contribution in [-0.4, -0.2) is 48.9 Å². The summed E-state index contributed by atoms with van der Waals surface area (Å²) in [5, 5.41) is 29.3. The summed E-state index contributed by atoms with van der Waals surface area (Å²) in [5.74, 6) is 2.04. The molecule has 1 aliphatic carbocycles. The third-order valence-electron chi connectivity index (χ3n) is 2.21. The fourth-order valence-corrected chi connectivity index (χ4v) is 2.12. The second-order valence-electron chi connectivity index (χ2n) is 3.62. The highest BCUT2D eigenvalue weighted by atomic mass is 32.2. The molecule has 0 aliphatic heterocycles. The van der Waals surface area contributed by atoms with Crippen molar-refractivity contribution in [1.29, 1.82) is 0 Å². The Morgan fingerprint density at radius 2 is 2.33 bits per heavy atom. The van der Waals surface area contributed by atoms with Crippen LogP contribution in [0.15, 0.2) is 0 Å². The molecule has 7 heteroatoms. The minimum Gasteiger partial charge on any atom is -0.394 e. The van der Waals surface area contributed by atoms with E-state index in [2.05, 4.69) is 15.5 Å². The number of aromatic nitrogens is 4. The summed E-state index contributed by atoms with van der Waals surface area (Å²) in [6.07, 6.45) is 1.66.